The van der Waals surface area contributed by atoms with Gasteiger partial charge >= 0.3 is 5.97 Å². The molecule has 1 aliphatic rings. The molecule has 2 atom stereocenters. The lowest BCUT2D eigenvalue weighted by Gasteiger charge is -2.06. The van der Waals surface area contributed by atoms with Crippen molar-refractivity contribution in [2.24, 2.45) is 5.92 Å². The van der Waals surface area contributed by atoms with Gasteiger partial charge in [0, 0.05) is 10.3 Å². The number of aryl methyl sites for hydroxylation is 1. The Morgan fingerprint density at radius 3 is 2.55 bits per heavy atom. The van der Waals surface area contributed by atoms with Crippen LogP contribution in [0.2, 0.25) is 0 Å². The Labute approximate surface area is 143 Å². The summed E-state index contributed by atoms with van der Waals surface area (Å²) in [6.45, 7) is 4.35. The Morgan fingerprint density at radius 1 is 1.27 bits per heavy atom. The maximum atomic E-state index is 10.4. The fraction of sp³-hybridized carbons (Fsp3) is 0.722. The lowest BCUT2D eigenvalue weighted by molar-refractivity contribution is 0.0702. The zero-order valence-corrected chi connectivity index (χ0v) is 15.4. The van der Waals surface area contributed by atoms with E-state index in [1.165, 1.54) is 56.3 Å². The number of carboxylic acids is 1. The van der Waals surface area contributed by atoms with Crippen molar-refractivity contribution in [3.8, 4) is 0 Å². The molecule has 0 bridgehead atoms. The second-order valence-electron chi connectivity index (χ2n) is 6.09. The van der Waals surface area contributed by atoms with Crippen molar-refractivity contribution < 1.29 is 9.90 Å². The molecule has 1 fully saturated rings. The first-order valence-electron chi connectivity index (χ1n) is 8.52. The fourth-order valence-corrected chi connectivity index (χ4v) is 4.16. The van der Waals surface area contributed by atoms with Gasteiger partial charge in [0.2, 0.25) is 0 Å². The molecule has 1 heterocycles. The molecule has 0 saturated heterocycles. The van der Waals surface area contributed by atoms with Gasteiger partial charge in [0.25, 0.3) is 0 Å². The molecule has 4 heteroatoms. The van der Waals surface area contributed by atoms with Gasteiger partial charge in [-0.15, -0.1) is 22.9 Å². The normalized spacial score (nSPS) is 20.5. The number of hydrogen-bond acceptors (Lipinski definition) is 2. The number of carbonyl (C=O) groups is 1. The highest BCUT2D eigenvalue weighted by molar-refractivity contribution is 7.13. The Balaban J connectivity index is 0.000000220. The van der Waals surface area contributed by atoms with Crippen LogP contribution in [0.25, 0.3) is 0 Å². The molecule has 1 aliphatic carbocycles. The number of alkyl halides is 1. The van der Waals surface area contributed by atoms with Gasteiger partial charge in [-0.1, -0.05) is 46.0 Å². The predicted molar refractivity (Wildman–Crippen MR) is 96.4 cm³/mol. The lowest BCUT2D eigenvalue weighted by Crippen LogP contribution is -1.95. The van der Waals surface area contributed by atoms with Crippen LogP contribution in [-0.4, -0.2) is 16.5 Å². The molecule has 0 spiro atoms. The smallest absolute Gasteiger partial charge is 0.345 e. The number of carboxylic acid groups (broad SMARTS) is 1. The van der Waals surface area contributed by atoms with Crippen LogP contribution in [0.5, 0.6) is 0 Å². The monoisotopic (exact) mass is 344 g/mol. The molecule has 1 saturated carbocycles. The number of halogens is 1. The van der Waals surface area contributed by atoms with Gasteiger partial charge in [-0.25, -0.2) is 4.79 Å². The highest BCUT2D eigenvalue weighted by atomic mass is 35.5. The van der Waals surface area contributed by atoms with Crippen LogP contribution in [0.3, 0.4) is 0 Å². The number of thiophene rings is 1. The standard InChI is InChI=1S/C10H19Cl.C8H10O2S/c1-2-3-4-5-9-6-7-10(11)8-9;1-2-3-6-4-5-7(11-6)8(9)10/h9-10H,2-8H2,1H3;4-5H,2-3H2,1H3,(H,9,10)/t9-,10+;/m0./s1. The summed E-state index contributed by atoms with van der Waals surface area (Å²) in [5, 5.41) is 9.08. The first-order valence-corrected chi connectivity index (χ1v) is 9.78. The highest BCUT2D eigenvalue weighted by Crippen LogP contribution is 2.32. The van der Waals surface area contributed by atoms with Gasteiger partial charge in [-0.3, -0.25) is 0 Å². The average molecular weight is 345 g/mol. The Morgan fingerprint density at radius 2 is 2.05 bits per heavy atom. The van der Waals surface area contributed by atoms with E-state index in [4.69, 9.17) is 16.7 Å². The fourth-order valence-electron chi connectivity index (χ4n) is 2.83. The van der Waals surface area contributed by atoms with E-state index in [0.29, 0.717) is 10.3 Å². The maximum absolute atomic E-state index is 10.4. The summed E-state index contributed by atoms with van der Waals surface area (Å²) in [6, 6.07) is 3.55. The molecule has 0 radical (unpaired) electrons. The number of unbranched alkanes of at least 4 members (excludes halogenated alkanes) is 2. The van der Waals surface area contributed by atoms with E-state index in [2.05, 4.69) is 13.8 Å². The van der Waals surface area contributed by atoms with Crippen LogP contribution >= 0.6 is 22.9 Å². The third kappa shape index (κ3) is 7.64. The summed E-state index contributed by atoms with van der Waals surface area (Å²) in [5.74, 6) is 0.140. The summed E-state index contributed by atoms with van der Waals surface area (Å²) in [7, 11) is 0. The summed E-state index contributed by atoms with van der Waals surface area (Å²) in [6.07, 6.45) is 11.6. The minimum atomic E-state index is -0.822. The molecule has 1 aromatic heterocycles. The molecule has 0 aromatic carbocycles. The number of hydrogen-bond donors (Lipinski definition) is 1. The summed E-state index contributed by atoms with van der Waals surface area (Å²) < 4.78 is 0. The minimum absolute atomic E-state index is 0.438. The summed E-state index contributed by atoms with van der Waals surface area (Å²) >= 11 is 7.39. The Hall–Kier alpha value is -0.540. The van der Waals surface area contributed by atoms with Crippen molar-refractivity contribution in [1.29, 1.82) is 0 Å². The molecule has 22 heavy (non-hydrogen) atoms. The third-order valence-electron chi connectivity index (χ3n) is 4.06. The largest absolute Gasteiger partial charge is 0.477 e. The van der Waals surface area contributed by atoms with E-state index < -0.39 is 5.97 Å². The number of rotatable bonds is 7. The molecular formula is C18H29ClO2S. The molecule has 1 aromatic rings. The second kappa shape index (κ2) is 11.1. The average Bonchev–Trinajstić information content (AvgIpc) is 3.10. The van der Waals surface area contributed by atoms with Gasteiger partial charge < -0.3 is 5.11 Å². The van der Waals surface area contributed by atoms with Crippen LogP contribution in [0.15, 0.2) is 12.1 Å². The topological polar surface area (TPSA) is 37.3 Å². The summed E-state index contributed by atoms with van der Waals surface area (Å²) in [4.78, 5) is 12.0. The van der Waals surface area contributed by atoms with E-state index in [-0.39, 0.29) is 0 Å². The van der Waals surface area contributed by atoms with Crippen LogP contribution in [0, 0.1) is 5.92 Å². The lowest BCUT2D eigenvalue weighted by atomic mass is 10.0. The molecule has 0 unspecified atom stereocenters. The van der Waals surface area contributed by atoms with Crippen LogP contribution in [0.4, 0.5) is 0 Å². The van der Waals surface area contributed by atoms with Gasteiger partial charge in [0.15, 0.2) is 0 Å². The van der Waals surface area contributed by atoms with Gasteiger partial charge in [0.1, 0.15) is 4.88 Å². The molecule has 0 aliphatic heterocycles. The molecule has 1 N–H and O–H groups in total. The van der Waals surface area contributed by atoms with Crippen molar-refractivity contribution in [2.45, 2.75) is 77.0 Å². The van der Waals surface area contributed by atoms with Crippen molar-refractivity contribution in [2.75, 3.05) is 0 Å². The quantitative estimate of drug-likeness (QED) is 0.460. The Bertz CT molecular complexity index is 430. The van der Waals surface area contributed by atoms with Crippen molar-refractivity contribution in [3.63, 3.8) is 0 Å². The summed E-state index contributed by atoms with van der Waals surface area (Å²) in [5.41, 5.74) is 0. The van der Waals surface area contributed by atoms with Crippen molar-refractivity contribution >= 4 is 28.9 Å². The second-order valence-corrected chi connectivity index (χ2v) is 7.88. The SMILES string of the molecule is CCCCC[C@H]1CC[C@@H](Cl)C1.CCCc1ccc(C(=O)O)s1. The van der Waals surface area contributed by atoms with E-state index >= 15 is 0 Å². The predicted octanol–water partition coefficient (Wildman–Crippen LogP) is 6.37. The van der Waals surface area contributed by atoms with E-state index in [9.17, 15) is 4.79 Å². The van der Waals surface area contributed by atoms with Crippen molar-refractivity contribution in [1.82, 2.24) is 0 Å². The molecule has 126 valence electrons. The third-order valence-corrected chi connectivity index (χ3v) is 5.59. The van der Waals surface area contributed by atoms with E-state index in [0.717, 1.165) is 23.6 Å². The highest BCUT2D eigenvalue weighted by Gasteiger charge is 2.21. The van der Waals surface area contributed by atoms with E-state index in [1.54, 1.807) is 6.07 Å². The minimum Gasteiger partial charge on any atom is -0.477 e. The molecular weight excluding hydrogens is 316 g/mol. The zero-order chi connectivity index (χ0) is 16.4. The van der Waals surface area contributed by atoms with Gasteiger partial charge in [-0.2, -0.15) is 0 Å². The van der Waals surface area contributed by atoms with Gasteiger partial charge in [0.05, 0.1) is 0 Å². The first-order chi connectivity index (χ1) is 10.6. The number of aromatic carboxylic acids is 1. The van der Waals surface area contributed by atoms with Crippen LogP contribution in [-0.2, 0) is 6.42 Å². The van der Waals surface area contributed by atoms with Crippen molar-refractivity contribution in [3.05, 3.63) is 21.9 Å². The first kappa shape index (κ1) is 19.5. The Kier molecular flexibility index (Phi) is 9.81. The van der Waals surface area contributed by atoms with E-state index in [1.807, 2.05) is 6.07 Å². The molecule has 2 nitrogen and oxygen atoms in total. The molecule has 0 amide bonds. The van der Waals surface area contributed by atoms with Crippen LogP contribution < -0.4 is 0 Å². The van der Waals surface area contributed by atoms with Gasteiger partial charge in [-0.05, 0) is 43.7 Å². The zero-order valence-electron chi connectivity index (χ0n) is 13.8. The maximum Gasteiger partial charge on any atom is 0.345 e. The molecule has 2 rings (SSSR count). The van der Waals surface area contributed by atoms with Crippen LogP contribution in [0.1, 0.15) is 79.8 Å².